The molecule has 0 N–H and O–H groups in total. The maximum Gasteiger partial charge on any atom is 0.419 e. The third-order valence-electron chi connectivity index (χ3n) is 2.30. The van der Waals surface area contributed by atoms with Crippen LogP contribution in [0, 0.1) is 15.9 Å². The Labute approximate surface area is 103 Å². The molecule has 0 saturated carbocycles. The quantitative estimate of drug-likeness (QED) is 0.481. The summed E-state index contributed by atoms with van der Waals surface area (Å²) in [4.78, 5) is 9.71. The van der Waals surface area contributed by atoms with Crippen molar-refractivity contribution in [2.75, 3.05) is 0 Å². The number of aromatic nitrogens is 2. The Morgan fingerprint density at radius 1 is 1.32 bits per heavy atom. The van der Waals surface area contributed by atoms with Crippen LogP contribution < -0.4 is 0 Å². The largest absolute Gasteiger partial charge is 0.419 e. The Hall–Kier alpha value is -2.45. The van der Waals surface area contributed by atoms with Gasteiger partial charge in [0, 0.05) is 6.20 Å². The van der Waals surface area contributed by atoms with Crippen molar-refractivity contribution in [3.8, 4) is 5.69 Å². The van der Waals surface area contributed by atoms with Gasteiger partial charge in [0.1, 0.15) is 5.69 Å². The Bertz CT molecular complexity index is 636. The molecule has 5 nitrogen and oxygen atoms in total. The Morgan fingerprint density at radius 3 is 2.53 bits per heavy atom. The summed E-state index contributed by atoms with van der Waals surface area (Å²) in [5, 5.41) is 14.1. The van der Waals surface area contributed by atoms with Gasteiger partial charge in [0.05, 0.1) is 16.7 Å². The zero-order chi connectivity index (χ0) is 14.2. The van der Waals surface area contributed by atoms with E-state index in [1.807, 2.05) is 0 Å². The third-order valence-corrected chi connectivity index (χ3v) is 2.30. The van der Waals surface area contributed by atoms with Crippen molar-refractivity contribution in [3.63, 3.8) is 0 Å². The summed E-state index contributed by atoms with van der Waals surface area (Å²) in [6, 6.07) is 3.09. The Kier molecular flexibility index (Phi) is 2.97. The highest BCUT2D eigenvalue weighted by Crippen LogP contribution is 2.31. The van der Waals surface area contributed by atoms with Crippen LogP contribution in [0.3, 0.4) is 0 Å². The minimum atomic E-state index is -4.62. The average Bonchev–Trinajstić information content (AvgIpc) is 2.76. The van der Waals surface area contributed by atoms with Crippen LogP contribution >= 0.6 is 0 Å². The van der Waals surface area contributed by atoms with Crippen LogP contribution in [0.5, 0.6) is 0 Å². The highest BCUT2D eigenvalue weighted by Gasteiger charge is 2.33. The van der Waals surface area contributed by atoms with Crippen molar-refractivity contribution in [2.45, 2.75) is 6.18 Å². The summed E-state index contributed by atoms with van der Waals surface area (Å²) >= 11 is 0. The molecule has 0 fully saturated rings. The minimum absolute atomic E-state index is 0.375. The van der Waals surface area contributed by atoms with Crippen molar-refractivity contribution in [2.24, 2.45) is 0 Å². The lowest BCUT2D eigenvalue weighted by Gasteiger charge is -2.04. The first-order chi connectivity index (χ1) is 8.80. The standard InChI is InChI=1S/C10H5F4N3O2/c11-7-2-1-3-8(9(7)17(18)19)16-5-6(4-15-16)10(12,13)14/h1-5H. The topological polar surface area (TPSA) is 61.0 Å². The van der Waals surface area contributed by atoms with Gasteiger partial charge in [0.15, 0.2) is 0 Å². The molecule has 0 aliphatic rings. The van der Waals surface area contributed by atoms with Crippen LogP contribution in [-0.2, 0) is 6.18 Å². The lowest BCUT2D eigenvalue weighted by molar-refractivity contribution is -0.387. The van der Waals surface area contributed by atoms with E-state index in [0.717, 1.165) is 18.2 Å². The second kappa shape index (κ2) is 4.34. The Morgan fingerprint density at radius 2 is 2.00 bits per heavy atom. The van der Waals surface area contributed by atoms with E-state index in [-0.39, 0.29) is 5.69 Å². The number of alkyl halides is 3. The number of nitro groups is 1. The van der Waals surface area contributed by atoms with Gasteiger partial charge in [-0.05, 0) is 12.1 Å². The molecule has 0 aliphatic heterocycles. The maximum atomic E-state index is 13.3. The van der Waals surface area contributed by atoms with E-state index < -0.39 is 28.2 Å². The van der Waals surface area contributed by atoms with Gasteiger partial charge < -0.3 is 0 Å². The van der Waals surface area contributed by atoms with Crippen LogP contribution in [0.25, 0.3) is 5.69 Å². The van der Waals surface area contributed by atoms with Crippen molar-refractivity contribution < 1.29 is 22.5 Å². The molecule has 1 heterocycles. The van der Waals surface area contributed by atoms with E-state index in [9.17, 15) is 27.7 Å². The van der Waals surface area contributed by atoms with Crippen molar-refractivity contribution in [1.82, 2.24) is 9.78 Å². The smallest absolute Gasteiger partial charge is 0.258 e. The van der Waals surface area contributed by atoms with E-state index in [1.165, 1.54) is 0 Å². The number of nitro benzene ring substituents is 1. The first-order valence-corrected chi connectivity index (χ1v) is 4.86. The SMILES string of the molecule is O=[N+]([O-])c1c(F)cccc1-n1cc(C(F)(F)F)cn1. The van der Waals surface area contributed by atoms with E-state index >= 15 is 0 Å². The van der Waals surface area contributed by atoms with Crippen molar-refractivity contribution in [3.05, 3.63) is 52.1 Å². The monoisotopic (exact) mass is 275 g/mol. The molecule has 9 heteroatoms. The van der Waals surface area contributed by atoms with Crippen LogP contribution in [0.1, 0.15) is 5.56 Å². The Balaban J connectivity index is 2.57. The van der Waals surface area contributed by atoms with E-state index in [1.54, 1.807) is 0 Å². The lowest BCUT2D eigenvalue weighted by atomic mass is 10.2. The second-order valence-electron chi connectivity index (χ2n) is 3.54. The van der Waals surface area contributed by atoms with Gasteiger partial charge >= 0.3 is 11.9 Å². The molecule has 0 amide bonds. The molecule has 0 atom stereocenters. The maximum absolute atomic E-state index is 13.3. The predicted molar refractivity (Wildman–Crippen MR) is 55.2 cm³/mol. The third kappa shape index (κ3) is 2.39. The number of rotatable bonds is 2. The fourth-order valence-corrected chi connectivity index (χ4v) is 1.47. The van der Waals surface area contributed by atoms with Gasteiger partial charge in [-0.25, -0.2) is 4.68 Å². The number of nitrogens with zero attached hydrogens (tertiary/aromatic N) is 3. The first-order valence-electron chi connectivity index (χ1n) is 4.86. The van der Waals surface area contributed by atoms with Gasteiger partial charge in [-0.2, -0.15) is 22.7 Å². The zero-order valence-electron chi connectivity index (χ0n) is 9.06. The van der Waals surface area contributed by atoms with Crippen molar-refractivity contribution >= 4 is 5.69 Å². The molecule has 2 aromatic rings. The van der Waals surface area contributed by atoms with Crippen LogP contribution in [0.2, 0.25) is 0 Å². The van der Waals surface area contributed by atoms with E-state index in [4.69, 9.17) is 0 Å². The van der Waals surface area contributed by atoms with Crippen LogP contribution in [0.15, 0.2) is 30.6 Å². The molecule has 0 bridgehead atoms. The van der Waals surface area contributed by atoms with Gasteiger partial charge in [0.25, 0.3) is 0 Å². The summed E-state index contributed by atoms with van der Waals surface area (Å²) < 4.78 is 51.1. The summed E-state index contributed by atoms with van der Waals surface area (Å²) in [6.45, 7) is 0. The van der Waals surface area contributed by atoms with Gasteiger partial charge in [-0.1, -0.05) is 6.07 Å². The zero-order valence-corrected chi connectivity index (χ0v) is 9.06. The van der Waals surface area contributed by atoms with Gasteiger partial charge in [0.2, 0.25) is 5.82 Å². The molecule has 0 spiro atoms. The summed E-state index contributed by atoms with van der Waals surface area (Å²) in [5.74, 6) is -1.15. The number of hydrogen-bond acceptors (Lipinski definition) is 3. The molecule has 0 aliphatic carbocycles. The summed E-state index contributed by atoms with van der Waals surface area (Å²) in [7, 11) is 0. The normalized spacial score (nSPS) is 11.6. The number of halogens is 4. The molecular weight excluding hydrogens is 270 g/mol. The fraction of sp³-hybridized carbons (Fsp3) is 0.100. The summed E-state index contributed by atoms with van der Waals surface area (Å²) in [5.41, 5.74) is -2.38. The van der Waals surface area contributed by atoms with Gasteiger partial charge in [-0.15, -0.1) is 0 Å². The molecular formula is C10H5F4N3O2. The highest BCUT2D eigenvalue weighted by molar-refractivity contribution is 5.52. The molecule has 1 aromatic carbocycles. The van der Waals surface area contributed by atoms with Crippen LogP contribution in [0.4, 0.5) is 23.2 Å². The lowest BCUT2D eigenvalue weighted by Crippen LogP contribution is -2.04. The van der Waals surface area contributed by atoms with Crippen LogP contribution in [-0.4, -0.2) is 14.7 Å². The minimum Gasteiger partial charge on any atom is -0.258 e. The average molecular weight is 275 g/mol. The fourth-order valence-electron chi connectivity index (χ4n) is 1.47. The molecule has 0 radical (unpaired) electrons. The second-order valence-corrected chi connectivity index (χ2v) is 3.54. The first kappa shape index (κ1) is 13.0. The highest BCUT2D eigenvalue weighted by atomic mass is 19.4. The molecule has 100 valence electrons. The van der Waals surface area contributed by atoms with E-state index in [0.29, 0.717) is 17.1 Å². The number of benzene rings is 1. The molecule has 0 unspecified atom stereocenters. The van der Waals surface area contributed by atoms with Gasteiger partial charge in [-0.3, -0.25) is 10.1 Å². The molecule has 0 saturated heterocycles. The molecule has 2 rings (SSSR count). The molecule has 1 aromatic heterocycles. The predicted octanol–water partition coefficient (Wildman–Crippen LogP) is 2.94. The number of hydrogen-bond donors (Lipinski definition) is 0. The summed E-state index contributed by atoms with van der Waals surface area (Å²) in [6.07, 6.45) is -3.56. The van der Waals surface area contributed by atoms with Crippen molar-refractivity contribution in [1.29, 1.82) is 0 Å². The molecule has 19 heavy (non-hydrogen) atoms. The van der Waals surface area contributed by atoms with E-state index in [2.05, 4.69) is 5.10 Å². The number of para-hydroxylation sites is 1.